The fourth-order valence-corrected chi connectivity index (χ4v) is 2.90. The van der Waals surface area contributed by atoms with Gasteiger partial charge in [0.2, 0.25) is 0 Å². The first kappa shape index (κ1) is 21.9. The molecule has 0 heterocycles. The van der Waals surface area contributed by atoms with Crippen LogP contribution in [0.5, 0.6) is 11.5 Å². The van der Waals surface area contributed by atoms with E-state index in [4.69, 9.17) is 9.47 Å². The Hall–Kier alpha value is -1.18. The van der Waals surface area contributed by atoms with Crippen LogP contribution >= 0.6 is 0 Å². The maximum absolute atomic E-state index is 5.91. The van der Waals surface area contributed by atoms with Crippen molar-refractivity contribution in [3.05, 3.63) is 30.7 Å². The van der Waals surface area contributed by atoms with Gasteiger partial charge in [-0.2, -0.15) is 0 Å². The highest BCUT2D eigenvalue weighted by atomic mass is 16.5. The molecule has 2 heteroatoms. The minimum atomic E-state index is 0.773. The Morgan fingerprint density at radius 2 is 1.20 bits per heavy atom. The SMILES string of the molecule is [CH2]c1ccc(OCCCCCCCC)cc1OCCCCCCCC. The van der Waals surface area contributed by atoms with Crippen molar-refractivity contribution in [2.75, 3.05) is 13.2 Å². The van der Waals surface area contributed by atoms with E-state index in [1.54, 1.807) is 0 Å². The molecule has 143 valence electrons. The average Bonchev–Trinajstić information content (AvgIpc) is 2.62. The highest BCUT2D eigenvalue weighted by Crippen LogP contribution is 2.25. The van der Waals surface area contributed by atoms with Crippen LogP contribution in [0.4, 0.5) is 0 Å². The molecule has 1 aromatic carbocycles. The molecule has 2 nitrogen and oxygen atoms in total. The van der Waals surface area contributed by atoms with Gasteiger partial charge < -0.3 is 9.47 Å². The first-order valence-corrected chi connectivity index (χ1v) is 10.5. The van der Waals surface area contributed by atoms with Gasteiger partial charge in [0, 0.05) is 6.07 Å². The second-order valence-corrected chi connectivity index (χ2v) is 7.00. The third-order valence-corrected chi connectivity index (χ3v) is 4.56. The molecule has 0 atom stereocenters. The molecule has 1 rings (SSSR count). The van der Waals surface area contributed by atoms with E-state index in [1.165, 1.54) is 64.2 Å². The fraction of sp³-hybridized carbons (Fsp3) is 0.696. The maximum atomic E-state index is 5.91. The van der Waals surface area contributed by atoms with E-state index in [2.05, 4.69) is 20.8 Å². The van der Waals surface area contributed by atoms with Crippen LogP contribution in [-0.2, 0) is 0 Å². The molecule has 0 aromatic heterocycles. The van der Waals surface area contributed by atoms with Gasteiger partial charge in [-0.1, -0.05) is 84.1 Å². The molecule has 0 saturated carbocycles. The summed E-state index contributed by atoms with van der Waals surface area (Å²) in [6, 6.07) is 5.99. The van der Waals surface area contributed by atoms with Crippen LogP contribution in [0.1, 0.15) is 96.5 Å². The molecular formula is C23H39O2. The first-order chi connectivity index (χ1) is 12.3. The molecule has 0 aliphatic rings. The fourth-order valence-electron chi connectivity index (χ4n) is 2.90. The molecule has 0 spiro atoms. The van der Waals surface area contributed by atoms with Crippen molar-refractivity contribution >= 4 is 0 Å². The van der Waals surface area contributed by atoms with E-state index in [0.29, 0.717) is 0 Å². The largest absolute Gasteiger partial charge is 0.493 e. The van der Waals surface area contributed by atoms with Gasteiger partial charge in [0.15, 0.2) is 0 Å². The Kier molecular flexibility index (Phi) is 13.2. The lowest BCUT2D eigenvalue weighted by Crippen LogP contribution is -2.01. The summed E-state index contributed by atoms with van der Waals surface area (Å²) in [5, 5.41) is 0. The van der Waals surface area contributed by atoms with Gasteiger partial charge in [0.05, 0.1) is 13.2 Å². The molecule has 0 bridgehead atoms. The standard InChI is InChI=1S/C23H39O2/c1-4-6-8-10-12-14-18-24-22-17-16-21(3)23(20-22)25-19-15-13-11-9-7-5-2/h16-17,20H,3-15,18-19H2,1-2H3. The summed E-state index contributed by atoms with van der Waals surface area (Å²) in [6.07, 6.45) is 15.4. The summed E-state index contributed by atoms with van der Waals surface area (Å²) in [7, 11) is 0. The monoisotopic (exact) mass is 347 g/mol. The molecule has 0 fully saturated rings. The molecule has 0 aliphatic heterocycles. The minimum Gasteiger partial charge on any atom is -0.493 e. The number of hydrogen-bond donors (Lipinski definition) is 0. The quantitative estimate of drug-likeness (QED) is 0.291. The molecule has 0 saturated heterocycles. The minimum absolute atomic E-state index is 0.773. The molecule has 0 unspecified atom stereocenters. The van der Waals surface area contributed by atoms with E-state index in [0.717, 1.165) is 43.1 Å². The summed E-state index contributed by atoms with van der Waals surface area (Å²) in [4.78, 5) is 0. The summed E-state index contributed by atoms with van der Waals surface area (Å²) in [6.45, 7) is 10.1. The summed E-state index contributed by atoms with van der Waals surface area (Å²) in [5.41, 5.74) is 0.942. The molecule has 1 aromatic rings. The number of unbranched alkanes of at least 4 members (excludes halogenated alkanes) is 10. The van der Waals surface area contributed by atoms with Crippen LogP contribution in [0.2, 0.25) is 0 Å². The zero-order valence-corrected chi connectivity index (χ0v) is 16.7. The molecule has 0 amide bonds. The van der Waals surface area contributed by atoms with Gasteiger partial charge in [0.1, 0.15) is 11.5 Å². The Balaban J connectivity index is 2.19. The third-order valence-electron chi connectivity index (χ3n) is 4.56. The van der Waals surface area contributed by atoms with Gasteiger partial charge in [-0.05, 0) is 31.4 Å². The second-order valence-electron chi connectivity index (χ2n) is 7.00. The van der Waals surface area contributed by atoms with Crippen LogP contribution in [0.15, 0.2) is 18.2 Å². The Bertz CT molecular complexity index is 428. The van der Waals surface area contributed by atoms with Gasteiger partial charge in [-0.15, -0.1) is 0 Å². The predicted octanol–water partition coefficient (Wildman–Crippen LogP) is 7.35. The van der Waals surface area contributed by atoms with E-state index in [-0.39, 0.29) is 0 Å². The van der Waals surface area contributed by atoms with Crippen molar-refractivity contribution in [3.63, 3.8) is 0 Å². The Morgan fingerprint density at radius 3 is 1.80 bits per heavy atom. The van der Waals surface area contributed by atoms with Crippen molar-refractivity contribution in [3.8, 4) is 11.5 Å². The molecule has 25 heavy (non-hydrogen) atoms. The first-order valence-electron chi connectivity index (χ1n) is 10.5. The van der Waals surface area contributed by atoms with Gasteiger partial charge in [-0.25, -0.2) is 0 Å². The second kappa shape index (κ2) is 15.1. The van der Waals surface area contributed by atoms with E-state index < -0.39 is 0 Å². The molecule has 1 radical (unpaired) electrons. The van der Waals surface area contributed by atoms with E-state index in [1.807, 2.05) is 18.2 Å². The van der Waals surface area contributed by atoms with Crippen LogP contribution in [0, 0.1) is 6.92 Å². The van der Waals surface area contributed by atoms with Crippen LogP contribution in [0.25, 0.3) is 0 Å². The van der Waals surface area contributed by atoms with Gasteiger partial charge in [0.25, 0.3) is 0 Å². The normalized spacial score (nSPS) is 10.8. The highest BCUT2D eigenvalue weighted by Gasteiger charge is 2.03. The van der Waals surface area contributed by atoms with Crippen molar-refractivity contribution in [2.24, 2.45) is 0 Å². The molecular weight excluding hydrogens is 308 g/mol. The van der Waals surface area contributed by atoms with Crippen LogP contribution < -0.4 is 9.47 Å². The van der Waals surface area contributed by atoms with Gasteiger partial charge in [-0.3, -0.25) is 0 Å². The van der Waals surface area contributed by atoms with Crippen molar-refractivity contribution < 1.29 is 9.47 Å². The van der Waals surface area contributed by atoms with Crippen LogP contribution in [0.3, 0.4) is 0 Å². The predicted molar refractivity (Wildman–Crippen MR) is 109 cm³/mol. The lowest BCUT2D eigenvalue weighted by Gasteiger charge is -2.12. The lowest BCUT2D eigenvalue weighted by molar-refractivity contribution is 0.289. The summed E-state index contributed by atoms with van der Waals surface area (Å²) < 4.78 is 11.8. The zero-order chi connectivity index (χ0) is 18.2. The number of hydrogen-bond acceptors (Lipinski definition) is 2. The number of ether oxygens (including phenoxy) is 2. The van der Waals surface area contributed by atoms with Crippen molar-refractivity contribution in [2.45, 2.75) is 90.9 Å². The van der Waals surface area contributed by atoms with Crippen LogP contribution in [-0.4, -0.2) is 13.2 Å². The number of benzene rings is 1. The Labute approximate surface area is 156 Å². The summed E-state index contributed by atoms with van der Waals surface area (Å²) in [5.74, 6) is 1.77. The van der Waals surface area contributed by atoms with E-state index in [9.17, 15) is 0 Å². The third kappa shape index (κ3) is 11.1. The zero-order valence-electron chi connectivity index (χ0n) is 16.7. The molecule has 0 N–H and O–H groups in total. The van der Waals surface area contributed by atoms with E-state index >= 15 is 0 Å². The maximum Gasteiger partial charge on any atom is 0.126 e. The highest BCUT2D eigenvalue weighted by molar-refractivity contribution is 5.42. The smallest absolute Gasteiger partial charge is 0.126 e. The van der Waals surface area contributed by atoms with Crippen molar-refractivity contribution in [1.29, 1.82) is 0 Å². The number of rotatable bonds is 16. The lowest BCUT2D eigenvalue weighted by atomic mass is 10.1. The summed E-state index contributed by atoms with van der Waals surface area (Å²) >= 11 is 0. The Morgan fingerprint density at radius 1 is 0.680 bits per heavy atom. The molecule has 0 aliphatic carbocycles. The van der Waals surface area contributed by atoms with Crippen molar-refractivity contribution in [1.82, 2.24) is 0 Å². The average molecular weight is 348 g/mol. The van der Waals surface area contributed by atoms with Gasteiger partial charge >= 0.3 is 0 Å². The topological polar surface area (TPSA) is 18.5 Å².